The summed E-state index contributed by atoms with van der Waals surface area (Å²) in [6.07, 6.45) is 6.80. The molecule has 0 aromatic carbocycles. The molecule has 21 heavy (non-hydrogen) atoms. The van der Waals surface area contributed by atoms with Crippen LogP contribution in [0.15, 0.2) is 12.2 Å². The van der Waals surface area contributed by atoms with Crippen molar-refractivity contribution in [3.63, 3.8) is 0 Å². The normalized spacial score (nSPS) is 16.7. The number of aliphatic hydroxyl groups excluding tert-OH is 1. The average molecular weight is 299 g/mol. The summed E-state index contributed by atoms with van der Waals surface area (Å²) in [4.78, 5) is 24.5. The number of ether oxygens (including phenoxy) is 2. The number of nitrogens with zero attached hydrogens (tertiary/aromatic N) is 1. The van der Waals surface area contributed by atoms with E-state index in [9.17, 15) is 9.59 Å². The number of amides is 1. The molecule has 1 unspecified atom stereocenters. The van der Waals surface area contributed by atoms with E-state index in [-0.39, 0.29) is 5.91 Å². The van der Waals surface area contributed by atoms with E-state index in [1.807, 2.05) is 4.90 Å². The number of carbonyl (C=O) groups is 2. The van der Waals surface area contributed by atoms with Gasteiger partial charge in [-0.25, -0.2) is 4.79 Å². The van der Waals surface area contributed by atoms with Gasteiger partial charge in [0.25, 0.3) is 0 Å². The molecule has 1 aliphatic rings. The van der Waals surface area contributed by atoms with Gasteiger partial charge in [0.05, 0.1) is 6.61 Å². The number of carbonyl (C=O) groups excluding carboxylic acids is 2. The molecule has 1 rings (SSSR count). The SMILES string of the molecule is COC(O)/C=C\C(=O)OCCCCCCN1CCCC1=O. The Morgan fingerprint density at radius 2 is 2.14 bits per heavy atom. The summed E-state index contributed by atoms with van der Waals surface area (Å²) in [5.74, 6) is -0.206. The minimum atomic E-state index is -1.08. The zero-order valence-electron chi connectivity index (χ0n) is 12.6. The first kappa shape index (κ1) is 17.7. The zero-order valence-corrected chi connectivity index (χ0v) is 12.6. The maximum Gasteiger partial charge on any atom is 0.330 e. The Kier molecular flexibility index (Phi) is 8.69. The Morgan fingerprint density at radius 3 is 2.81 bits per heavy atom. The van der Waals surface area contributed by atoms with E-state index < -0.39 is 12.3 Å². The van der Waals surface area contributed by atoms with E-state index >= 15 is 0 Å². The van der Waals surface area contributed by atoms with Crippen molar-refractivity contribution >= 4 is 11.9 Å². The van der Waals surface area contributed by atoms with E-state index in [0.29, 0.717) is 13.0 Å². The van der Waals surface area contributed by atoms with Crippen LogP contribution in [0.3, 0.4) is 0 Å². The molecule has 0 aromatic heterocycles. The first-order chi connectivity index (χ1) is 10.1. The van der Waals surface area contributed by atoms with Crippen LogP contribution in [0.1, 0.15) is 38.5 Å². The van der Waals surface area contributed by atoms with Gasteiger partial charge in [-0.15, -0.1) is 0 Å². The molecule has 1 amide bonds. The fourth-order valence-corrected chi connectivity index (χ4v) is 2.16. The topological polar surface area (TPSA) is 76.1 Å². The average Bonchev–Trinajstić information content (AvgIpc) is 2.89. The number of rotatable bonds is 10. The molecule has 120 valence electrons. The Balaban J connectivity index is 1.93. The quantitative estimate of drug-likeness (QED) is 0.284. The zero-order chi connectivity index (χ0) is 15.5. The molecule has 0 bridgehead atoms. The van der Waals surface area contributed by atoms with Gasteiger partial charge in [-0.05, 0) is 31.8 Å². The molecule has 1 aliphatic heterocycles. The predicted octanol–water partition coefficient (Wildman–Crippen LogP) is 1.23. The predicted molar refractivity (Wildman–Crippen MR) is 77.4 cm³/mol. The molecule has 1 N–H and O–H groups in total. The molecule has 0 radical (unpaired) electrons. The largest absolute Gasteiger partial charge is 0.463 e. The molecule has 1 atom stereocenters. The van der Waals surface area contributed by atoms with Gasteiger partial charge < -0.3 is 19.5 Å². The van der Waals surface area contributed by atoms with Crippen LogP contribution in [0.4, 0.5) is 0 Å². The highest BCUT2D eigenvalue weighted by Crippen LogP contribution is 2.11. The number of unbranched alkanes of at least 4 members (excludes halogenated alkanes) is 3. The minimum Gasteiger partial charge on any atom is -0.463 e. The first-order valence-corrected chi connectivity index (χ1v) is 7.47. The molecule has 0 aromatic rings. The van der Waals surface area contributed by atoms with Crippen LogP contribution in [0, 0.1) is 0 Å². The lowest BCUT2D eigenvalue weighted by Gasteiger charge is -2.14. The highest BCUT2D eigenvalue weighted by atomic mass is 16.6. The Morgan fingerprint density at radius 1 is 1.38 bits per heavy atom. The maximum atomic E-state index is 11.4. The van der Waals surface area contributed by atoms with Crippen molar-refractivity contribution in [1.29, 1.82) is 0 Å². The Labute approximate surface area is 125 Å². The molecule has 0 saturated carbocycles. The second-order valence-corrected chi connectivity index (χ2v) is 5.05. The number of esters is 1. The number of hydrogen-bond acceptors (Lipinski definition) is 5. The molecule has 1 heterocycles. The van der Waals surface area contributed by atoms with E-state index in [4.69, 9.17) is 9.84 Å². The summed E-state index contributed by atoms with van der Waals surface area (Å²) in [6.45, 7) is 2.11. The molecule has 0 aliphatic carbocycles. The molecule has 1 saturated heterocycles. The van der Waals surface area contributed by atoms with Gasteiger partial charge in [0.1, 0.15) is 0 Å². The van der Waals surface area contributed by atoms with E-state index in [1.54, 1.807) is 0 Å². The van der Waals surface area contributed by atoms with Gasteiger partial charge in [-0.1, -0.05) is 6.42 Å². The molecular weight excluding hydrogens is 274 g/mol. The first-order valence-electron chi connectivity index (χ1n) is 7.47. The van der Waals surface area contributed by atoms with E-state index in [2.05, 4.69) is 4.74 Å². The highest BCUT2D eigenvalue weighted by molar-refractivity contribution is 5.81. The molecule has 1 fully saturated rings. The minimum absolute atomic E-state index is 0.272. The lowest BCUT2D eigenvalue weighted by Crippen LogP contribution is -2.25. The fraction of sp³-hybridized carbons (Fsp3) is 0.733. The highest BCUT2D eigenvalue weighted by Gasteiger charge is 2.18. The summed E-state index contributed by atoms with van der Waals surface area (Å²) >= 11 is 0. The van der Waals surface area contributed by atoms with Gasteiger partial charge >= 0.3 is 5.97 Å². The van der Waals surface area contributed by atoms with Crippen LogP contribution in [0.25, 0.3) is 0 Å². The fourth-order valence-electron chi connectivity index (χ4n) is 2.16. The summed E-state index contributed by atoms with van der Waals surface area (Å²) in [6, 6.07) is 0. The lowest BCUT2D eigenvalue weighted by atomic mass is 10.2. The van der Waals surface area contributed by atoms with Crippen LogP contribution in [0.2, 0.25) is 0 Å². The second-order valence-electron chi connectivity index (χ2n) is 5.05. The van der Waals surface area contributed by atoms with Gasteiger partial charge in [-0.3, -0.25) is 4.79 Å². The number of hydrogen-bond donors (Lipinski definition) is 1. The van der Waals surface area contributed by atoms with Crippen molar-refractivity contribution in [2.24, 2.45) is 0 Å². The third-order valence-electron chi connectivity index (χ3n) is 3.38. The van der Waals surface area contributed by atoms with Gasteiger partial charge in [-0.2, -0.15) is 0 Å². The van der Waals surface area contributed by atoms with Crippen LogP contribution in [-0.4, -0.2) is 55.0 Å². The number of likely N-dealkylation sites (tertiary alicyclic amines) is 1. The lowest BCUT2D eigenvalue weighted by molar-refractivity contribution is -0.138. The van der Waals surface area contributed by atoms with Crippen molar-refractivity contribution in [2.45, 2.75) is 44.8 Å². The van der Waals surface area contributed by atoms with Crippen molar-refractivity contribution in [1.82, 2.24) is 4.90 Å². The summed E-state index contributed by atoms with van der Waals surface area (Å²) < 4.78 is 9.53. The smallest absolute Gasteiger partial charge is 0.330 e. The standard InChI is InChI=1S/C15H25NO5/c1-20-14(18)8-9-15(19)21-12-5-3-2-4-10-16-11-6-7-13(16)17/h8-9,14,18H,2-7,10-12H2,1H3/b9-8-. The molecule has 6 nitrogen and oxygen atoms in total. The Bertz CT molecular complexity index is 356. The molecule has 0 spiro atoms. The van der Waals surface area contributed by atoms with Crippen LogP contribution in [-0.2, 0) is 19.1 Å². The summed E-state index contributed by atoms with van der Waals surface area (Å²) in [5.41, 5.74) is 0. The van der Waals surface area contributed by atoms with Crippen LogP contribution >= 0.6 is 0 Å². The summed E-state index contributed by atoms with van der Waals surface area (Å²) in [5, 5.41) is 9.04. The maximum absolute atomic E-state index is 11.4. The molecule has 6 heteroatoms. The third kappa shape index (κ3) is 7.82. The second kappa shape index (κ2) is 10.3. The van der Waals surface area contributed by atoms with Crippen molar-refractivity contribution in [3.05, 3.63) is 12.2 Å². The van der Waals surface area contributed by atoms with Gasteiger partial charge in [0.15, 0.2) is 6.29 Å². The molecular formula is C15H25NO5. The van der Waals surface area contributed by atoms with E-state index in [0.717, 1.165) is 51.3 Å². The van der Waals surface area contributed by atoms with Crippen molar-refractivity contribution in [2.75, 3.05) is 26.8 Å². The summed E-state index contributed by atoms with van der Waals surface area (Å²) in [7, 11) is 1.34. The van der Waals surface area contributed by atoms with E-state index in [1.165, 1.54) is 13.2 Å². The third-order valence-corrected chi connectivity index (χ3v) is 3.38. The van der Waals surface area contributed by atoms with Gasteiger partial charge in [0, 0.05) is 32.7 Å². The number of methoxy groups -OCH3 is 1. The van der Waals surface area contributed by atoms with Crippen LogP contribution in [0.5, 0.6) is 0 Å². The monoisotopic (exact) mass is 299 g/mol. The number of aliphatic hydroxyl groups is 1. The van der Waals surface area contributed by atoms with Crippen molar-refractivity contribution < 1.29 is 24.2 Å². The van der Waals surface area contributed by atoms with Crippen molar-refractivity contribution in [3.8, 4) is 0 Å². The van der Waals surface area contributed by atoms with Gasteiger partial charge in [0.2, 0.25) is 5.91 Å². The van der Waals surface area contributed by atoms with Crippen LogP contribution < -0.4 is 0 Å². The Hall–Kier alpha value is -1.40.